The maximum absolute atomic E-state index is 13.2. The van der Waals surface area contributed by atoms with Gasteiger partial charge in [-0.15, -0.1) is 0 Å². The number of carbonyl (C=O) groups is 1. The molecule has 0 saturated carbocycles. The molecule has 1 amide bonds. The van der Waals surface area contributed by atoms with Gasteiger partial charge >= 0.3 is 0 Å². The maximum Gasteiger partial charge on any atom is 0.258 e. The van der Waals surface area contributed by atoms with Crippen LogP contribution in [0.1, 0.15) is 34.0 Å². The van der Waals surface area contributed by atoms with Gasteiger partial charge in [-0.25, -0.2) is 0 Å². The van der Waals surface area contributed by atoms with Gasteiger partial charge in [-0.2, -0.15) is 0 Å². The molecule has 0 saturated heterocycles. The van der Waals surface area contributed by atoms with Crippen LogP contribution in [-0.2, 0) is 13.1 Å². The van der Waals surface area contributed by atoms with Gasteiger partial charge in [0.25, 0.3) is 5.91 Å². The molecule has 3 rings (SSSR count). The highest BCUT2D eigenvalue weighted by Crippen LogP contribution is 2.33. The predicted octanol–water partition coefficient (Wildman–Crippen LogP) is 2.01. The van der Waals surface area contributed by atoms with E-state index < -0.39 is 0 Å². The Balaban J connectivity index is 1.81. The number of aromatic hydroxyl groups is 1. The van der Waals surface area contributed by atoms with Gasteiger partial charge < -0.3 is 30.8 Å². The third-order valence-corrected chi connectivity index (χ3v) is 5.05. The number of amides is 1. The number of carbonyl (C=O) groups excluding carboxylic acids is 1. The quantitative estimate of drug-likeness (QED) is 0.244. The SMILES string of the molecule is C=C(NCC)c1cc(C(=O)N2Cc3ccc(OCCNC)cc3C2)c(O)cc1NN. The fourth-order valence-electron chi connectivity index (χ4n) is 3.48. The van der Waals surface area contributed by atoms with E-state index in [1.807, 2.05) is 32.2 Å². The number of benzene rings is 2. The average molecular weight is 412 g/mol. The average Bonchev–Trinajstić information content (AvgIpc) is 3.16. The monoisotopic (exact) mass is 411 g/mol. The van der Waals surface area contributed by atoms with Crippen LogP contribution >= 0.6 is 0 Å². The first-order valence-corrected chi connectivity index (χ1v) is 9.93. The van der Waals surface area contributed by atoms with E-state index in [1.54, 1.807) is 11.0 Å². The lowest BCUT2D eigenvalue weighted by molar-refractivity contribution is 0.0748. The minimum atomic E-state index is -0.254. The van der Waals surface area contributed by atoms with Crippen molar-refractivity contribution < 1.29 is 14.6 Å². The van der Waals surface area contributed by atoms with E-state index in [0.29, 0.717) is 43.2 Å². The summed E-state index contributed by atoms with van der Waals surface area (Å²) in [6.07, 6.45) is 0. The summed E-state index contributed by atoms with van der Waals surface area (Å²) in [5.74, 6) is 5.97. The lowest BCUT2D eigenvalue weighted by Gasteiger charge is -2.19. The molecule has 1 aliphatic heterocycles. The number of fused-ring (bicyclic) bond motifs is 1. The first kappa shape index (κ1) is 21.5. The molecule has 0 atom stereocenters. The predicted molar refractivity (Wildman–Crippen MR) is 118 cm³/mol. The van der Waals surface area contributed by atoms with Gasteiger partial charge in [0.1, 0.15) is 18.1 Å². The second kappa shape index (κ2) is 9.51. The Morgan fingerprint density at radius 1 is 1.23 bits per heavy atom. The van der Waals surface area contributed by atoms with Crippen molar-refractivity contribution in [1.29, 1.82) is 0 Å². The molecule has 0 aliphatic carbocycles. The lowest BCUT2D eigenvalue weighted by atomic mass is 10.0. The molecule has 30 heavy (non-hydrogen) atoms. The van der Waals surface area contributed by atoms with Crippen LogP contribution in [0, 0.1) is 0 Å². The zero-order valence-electron chi connectivity index (χ0n) is 17.4. The third-order valence-electron chi connectivity index (χ3n) is 5.05. The van der Waals surface area contributed by atoms with Crippen LogP contribution in [0.4, 0.5) is 5.69 Å². The molecule has 2 aromatic carbocycles. The fourth-order valence-corrected chi connectivity index (χ4v) is 3.48. The van der Waals surface area contributed by atoms with Gasteiger partial charge in [-0.3, -0.25) is 10.6 Å². The van der Waals surface area contributed by atoms with Crippen molar-refractivity contribution in [1.82, 2.24) is 15.5 Å². The van der Waals surface area contributed by atoms with Crippen molar-refractivity contribution in [3.05, 3.63) is 59.2 Å². The number of nitrogens with two attached hydrogens (primary N) is 1. The molecular weight excluding hydrogens is 382 g/mol. The van der Waals surface area contributed by atoms with Crippen LogP contribution in [-0.4, -0.2) is 42.7 Å². The van der Waals surface area contributed by atoms with Crippen molar-refractivity contribution in [3.63, 3.8) is 0 Å². The number of rotatable bonds is 9. The summed E-state index contributed by atoms with van der Waals surface area (Å²) in [4.78, 5) is 14.9. The highest BCUT2D eigenvalue weighted by Gasteiger charge is 2.27. The topological polar surface area (TPSA) is 112 Å². The maximum atomic E-state index is 13.2. The molecule has 8 nitrogen and oxygen atoms in total. The Bertz CT molecular complexity index is 945. The van der Waals surface area contributed by atoms with Crippen LogP contribution in [0.25, 0.3) is 5.70 Å². The van der Waals surface area contributed by atoms with E-state index in [9.17, 15) is 9.90 Å². The minimum absolute atomic E-state index is 0.131. The number of likely N-dealkylation sites (N-methyl/N-ethyl adjacent to an activating group) is 1. The van der Waals surface area contributed by atoms with Crippen molar-refractivity contribution >= 4 is 17.3 Å². The van der Waals surface area contributed by atoms with Crippen molar-refractivity contribution in [2.24, 2.45) is 5.84 Å². The summed E-state index contributed by atoms with van der Waals surface area (Å²) in [7, 11) is 1.88. The molecule has 8 heteroatoms. The minimum Gasteiger partial charge on any atom is -0.507 e. The number of hydrazine groups is 1. The Labute approximate surface area is 176 Å². The van der Waals surface area contributed by atoms with Crippen LogP contribution in [0.3, 0.4) is 0 Å². The first-order valence-electron chi connectivity index (χ1n) is 9.93. The molecule has 1 aliphatic rings. The largest absolute Gasteiger partial charge is 0.507 e. The number of nitrogens with one attached hydrogen (secondary N) is 3. The van der Waals surface area contributed by atoms with Crippen LogP contribution in [0.5, 0.6) is 11.5 Å². The molecule has 0 unspecified atom stereocenters. The number of anilines is 1. The van der Waals surface area contributed by atoms with Gasteiger partial charge in [0.2, 0.25) is 0 Å². The van der Waals surface area contributed by atoms with E-state index in [4.69, 9.17) is 10.6 Å². The molecule has 6 N–H and O–H groups in total. The molecule has 0 aromatic heterocycles. The normalized spacial score (nSPS) is 12.4. The third kappa shape index (κ3) is 4.50. The van der Waals surface area contributed by atoms with E-state index in [1.165, 1.54) is 6.07 Å². The van der Waals surface area contributed by atoms with Gasteiger partial charge in [-0.05, 0) is 43.3 Å². The summed E-state index contributed by atoms with van der Waals surface area (Å²) in [6.45, 7) is 8.88. The number of phenols is 1. The van der Waals surface area contributed by atoms with Crippen molar-refractivity contribution in [2.45, 2.75) is 20.0 Å². The molecule has 0 bridgehead atoms. The van der Waals surface area contributed by atoms with Gasteiger partial charge in [-0.1, -0.05) is 12.6 Å². The molecule has 2 aromatic rings. The molecule has 1 heterocycles. The highest BCUT2D eigenvalue weighted by atomic mass is 16.5. The number of hydrogen-bond acceptors (Lipinski definition) is 7. The molecule has 0 fully saturated rings. The second-order valence-electron chi connectivity index (χ2n) is 7.11. The number of hydrogen-bond donors (Lipinski definition) is 5. The molecule has 160 valence electrons. The van der Waals surface area contributed by atoms with Gasteiger partial charge in [0.05, 0.1) is 11.3 Å². The summed E-state index contributed by atoms with van der Waals surface area (Å²) < 4.78 is 5.72. The summed E-state index contributed by atoms with van der Waals surface area (Å²) in [5.41, 5.74) is 6.62. The Hall–Kier alpha value is -3.23. The summed E-state index contributed by atoms with van der Waals surface area (Å²) in [6, 6.07) is 8.93. The number of ether oxygens (including phenoxy) is 1. The first-order chi connectivity index (χ1) is 14.5. The van der Waals surface area contributed by atoms with Crippen molar-refractivity contribution in [3.8, 4) is 11.5 Å². The molecule has 0 radical (unpaired) electrons. The van der Waals surface area contributed by atoms with E-state index in [0.717, 1.165) is 23.4 Å². The Morgan fingerprint density at radius 2 is 2.00 bits per heavy atom. The second-order valence-corrected chi connectivity index (χ2v) is 7.11. The summed E-state index contributed by atoms with van der Waals surface area (Å²) >= 11 is 0. The van der Waals surface area contributed by atoms with Crippen LogP contribution in [0.15, 0.2) is 36.9 Å². The summed E-state index contributed by atoms with van der Waals surface area (Å²) in [5, 5.41) is 16.6. The van der Waals surface area contributed by atoms with Gasteiger partial charge in [0.15, 0.2) is 0 Å². The Kier molecular flexibility index (Phi) is 6.81. The molecule has 0 spiro atoms. The van der Waals surface area contributed by atoms with E-state index in [-0.39, 0.29) is 17.2 Å². The number of nitrogen functional groups attached to an aromatic ring is 1. The fraction of sp³-hybridized carbons (Fsp3) is 0.318. The van der Waals surface area contributed by atoms with E-state index >= 15 is 0 Å². The van der Waals surface area contributed by atoms with Crippen LogP contribution < -0.4 is 26.6 Å². The van der Waals surface area contributed by atoms with Gasteiger partial charge in [0, 0.05) is 43.5 Å². The number of phenolic OH excluding ortho intramolecular Hbond substituents is 1. The lowest BCUT2D eigenvalue weighted by Crippen LogP contribution is -2.26. The highest BCUT2D eigenvalue weighted by molar-refractivity contribution is 5.99. The molecular formula is C22H29N5O3. The van der Waals surface area contributed by atoms with Crippen LogP contribution in [0.2, 0.25) is 0 Å². The Morgan fingerprint density at radius 3 is 2.70 bits per heavy atom. The zero-order valence-corrected chi connectivity index (χ0v) is 17.4. The van der Waals surface area contributed by atoms with E-state index in [2.05, 4.69) is 22.6 Å². The van der Waals surface area contributed by atoms with Crippen molar-refractivity contribution in [2.75, 3.05) is 32.2 Å². The number of nitrogens with zero attached hydrogens (tertiary/aromatic N) is 1. The smallest absolute Gasteiger partial charge is 0.258 e. The zero-order chi connectivity index (χ0) is 21.7. The standard InChI is InChI=1S/C22H29N5O3/c1-4-25-14(2)18-10-19(21(28)11-20(18)26-23)22(29)27-12-15-5-6-17(9-16(15)13-27)30-8-7-24-3/h5-6,9-11,24-26,28H,2,4,7-8,12-13,23H2,1,3H3.